The van der Waals surface area contributed by atoms with Gasteiger partial charge >= 0.3 is 6.03 Å². The zero-order valence-corrected chi connectivity index (χ0v) is 15.1. The molecule has 25 heavy (non-hydrogen) atoms. The molecule has 0 aliphatic carbocycles. The van der Waals surface area contributed by atoms with E-state index < -0.39 is 0 Å². The number of hydrogen-bond donors (Lipinski definition) is 2. The Bertz CT molecular complexity index is 552. The van der Waals surface area contributed by atoms with Crippen molar-refractivity contribution in [2.45, 2.75) is 13.8 Å². The maximum Gasteiger partial charge on any atom is 0.319 e. The first-order valence-electron chi connectivity index (χ1n) is 8.88. The van der Waals surface area contributed by atoms with Gasteiger partial charge in [0.25, 0.3) is 5.91 Å². The van der Waals surface area contributed by atoms with Crippen LogP contribution in [0.5, 0.6) is 0 Å². The molecule has 1 saturated heterocycles. The van der Waals surface area contributed by atoms with Gasteiger partial charge in [0.2, 0.25) is 0 Å². The van der Waals surface area contributed by atoms with Crippen LogP contribution in [0.2, 0.25) is 0 Å². The molecule has 2 rings (SSSR count). The molecule has 0 radical (unpaired) electrons. The van der Waals surface area contributed by atoms with E-state index in [1.54, 1.807) is 29.2 Å². The van der Waals surface area contributed by atoms with E-state index in [1.165, 1.54) is 0 Å². The van der Waals surface area contributed by atoms with Crippen LogP contribution in [0, 0.1) is 0 Å². The average Bonchev–Trinajstić information content (AvgIpc) is 2.66. The Hall–Kier alpha value is -2.12. The summed E-state index contributed by atoms with van der Waals surface area (Å²) < 4.78 is 5.26. The van der Waals surface area contributed by atoms with Gasteiger partial charge in [-0.2, -0.15) is 0 Å². The number of carbonyl (C=O) groups is 2. The van der Waals surface area contributed by atoms with Crippen molar-refractivity contribution in [3.05, 3.63) is 29.8 Å². The first-order chi connectivity index (χ1) is 12.1. The van der Waals surface area contributed by atoms with Crippen LogP contribution in [-0.2, 0) is 4.74 Å². The summed E-state index contributed by atoms with van der Waals surface area (Å²) in [6, 6.07) is 6.74. The molecular weight excluding hydrogens is 320 g/mol. The Morgan fingerprint density at radius 1 is 1.12 bits per heavy atom. The molecule has 3 amide bonds. The monoisotopic (exact) mass is 348 g/mol. The highest BCUT2D eigenvalue weighted by Crippen LogP contribution is 2.12. The number of urea groups is 1. The third-order valence-corrected chi connectivity index (χ3v) is 4.30. The Morgan fingerprint density at radius 2 is 1.76 bits per heavy atom. The number of carbonyl (C=O) groups excluding carboxylic acids is 2. The van der Waals surface area contributed by atoms with Gasteiger partial charge in [0.05, 0.1) is 13.2 Å². The Morgan fingerprint density at radius 3 is 2.36 bits per heavy atom. The van der Waals surface area contributed by atoms with Crippen molar-refractivity contribution in [2.24, 2.45) is 0 Å². The fourth-order valence-electron chi connectivity index (χ4n) is 2.69. The van der Waals surface area contributed by atoms with Crippen molar-refractivity contribution in [1.29, 1.82) is 0 Å². The van der Waals surface area contributed by atoms with Crippen LogP contribution in [0.25, 0.3) is 0 Å². The van der Waals surface area contributed by atoms with Gasteiger partial charge in [0, 0.05) is 37.4 Å². The van der Waals surface area contributed by atoms with E-state index in [1.807, 2.05) is 0 Å². The standard InChI is InChI=1S/C18H28N4O3/c1-3-21(4-2)10-9-19-18(24)20-16-7-5-15(6-8-16)17(23)22-11-13-25-14-12-22/h5-8H,3-4,9-14H2,1-2H3,(H2,19,20,24). The number of anilines is 1. The zero-order valence-electron chi connectivity index (χ0n) is 15.1. The second-order valence-electron chi connectivity index (χ2n) is 5.89. The highest BCUT2D eigenvalue weighted by Gasteiger charge is 2.18. The summed E-state index contributed by atoms with van der Waals surface area (Å²) in [6.45, 7) is 9.97. The van der Waals surface area contributed by atoms with Crippen LogP contribution in [0.15, 0.2) is 24.3 Å². The van der Waals surface area contributed by atoms with Gasteiger partial charge in [-0.1, -0.05) is 13.8 Å². The van der Waals surface area contributed by atoms with E-state index in [0.717, 1.165) is 19.6 Å². The summed E-state index contributed by atoms with van der Waals surface area (Å²) in [5.74, 6) is -0.00137. The van der Waals surface area contributed by atoms with Crippen LogP contribution < -0.4 is 10.6 Å². The summed E-state index contributed by atoms with van der Waals surface area (Å²) in [4.78, 5) is 28.3. The smallest absolute Gasteiger partial charge is 0.319 e. The van der Waals surface area contributed by atoms with Crippen molar-refractivity contribution in [1.82, 2.24) is 15.1 Å². The minimum Gasteiger partial charge on any atom is -0.378 e. The third kappa shape index (κ3) is 6.03. The van der Waals surface area contributed by atoms with Crippen LogP contribution in [0.1, 0.15) is 24.2 Å². The molecule has 2 N–H and O–H groups in total. The Kier molecular flexibility index (Phi) is 7.69. The lowest BCUT2D eigenvalue weighted by Gasteiger charge is -2.26. The molecule has 0 saturated carbocycles. The molecule has 1 fully saturated rings. The van der Waals surface area contributed by atoms with Crippen LogP contribution >= 0.6 is 0 Å². The quantitative estimate of drug-likeness (QED) is 0.785. The first-order valence-corrected chi connectivity index (χ1v) is 8.88. The highest BCUT2D eigenvalue weighted by molar-refractivity contribution is 5.95. The van der Waals surface area contributed by atoms with Crippen LogP contribution in [0.4, 0.5) is 10.5 Å². The highest BCUT2D eigenvalue weighted by atomic mass is 16.5. The van der Waals surface area contributed by atoms with E-state index in [4.69, 9.17) is 4.74 Å². The number of ether oxygens (including phenoxy) is 1. The number of likely N-dealkylation sites (N-methyl/N-ethyl adjacent to an activating group) is 1. The lowest BCUT2D eigenvalue weighted by Crippen LogP contribution is -2.40. The molecule has 1 heterocycles. The molecule has 0 spiro atoms. The SMILES string of the molecule is CCN(CC)CCNC(=O)Nc1ccc(C(=O)N2CCOCC2)cc1. The molecule has 0 unspecified atom stereocenters. The summed E-state index contributed by atoms with van der Waals surface area (Å²) in [6.07, 6.45) is 0. The normalized spacial score (nSPS) is 14.4. The molecule has 1 aromatic carbocycles. The molecule has 1 aliphatic heterocycles. The maximum atomic E-state index is 12.4. The van der Waals surface area contributed by atoms with E-state index in [-0.39, 0.29) is 11.9 Å². The number of nitrogens with one attached hydrogen (secondary N) is 2. The Labute approximate surface area is 149 Å². The molecule has 138 valence electrons. The fourth-order valence-corrected chi connectivity index (χ4v) is 2.69. The van der Waals surface area contributed by atoms with Gasteiger partial charge < -0.3 is 25.2 Å². The van der Waals surface area contributed by atoms with E-state index in [9.17, 15) is 9.59 Å². The lowest BCUT2D eigenvalue weighted by atomic mass is 10.1. The van der Waals surface area contributed by atoms with Crippen molar-refractivity contribution in [3.8, 4) is 0 Å². The molecule has 7 nitrogen and oxygen atoms in total. The summed E-state index contributed by atoms with van der Waals surface area (Å²) in [5, 5.41) is 5.62. The largest absolute Gasteiger partial charge is 0.378 e. The number of nitrogens with zero attached hydrogens (tertiary/aromatic N) is 2. The topological polar surface area (TPSA) is 73.9 Å². The van der Waals surface area contributed by atoms with Gasteiger partial charge in [-0.25, -0.2) is 4.79 Å². The Balaban J connectivity index is 1.79. The van der Waals surface area contributed by atoms with Crippen molar-refractivity contribution in [3.63, 3.8) is 0 Å². The number of amides is 3. The van der Waals surface area contributed by atoms with Gasteiger partial charge in [-0.3, -0.25) is 4.79 Å². The number of hydrogen-bond acceptors (Lipinski definition) is 4. The van der Waals surface area contributed by atoms with Gasteiger partial charge in [-0.15, -0.1) is 0 Å². The predicted octanol–water partition coefficient (Wildman–Crippen LogP) is 1.62. The van der Waals surface area contributed by atoms with Crippen LogP contribution in [-0.4, -0.2) is 74.2 Å². The minimum atomic E-state index is -0.237. The molecule has 0 atom stereocenters. The predicted molar refractivity (Wildman–Crippen MR) is 98.0 cm³/mol. The molecule has 1 aromatic rings. The van der Waals surface area contributed by atoms with Gasteiger partial charge in [-0.05, 0) is 37.4 Å². The number of rotatable bonds is 7. The van der Waals surface area contributed by atoms with E-state index >= 15 is 0 Å². The van der Waals surface area contributed by atoms with E-state index in [2.05, 4.69) is 29.4 Å². The fraction of sp³-hybridized carbons (Fsp3) is 0.556. The minimum absolute atomic E-state index is 0.00137. The number of benzene rings is 1. The molecule has 1 aliphatic rings. The second kappa shape index (κ2) is 10.0. The first kappa shape index (κ1) is 19.2. The zero-order chi connectivity index (χ0) is 18.1. The lowest BCUT2D eigenvalue weighted by molar-refractivity contribution is 0.0303. The summed E-state index contributed by atoms with van der Waals surface area (Å²) in [5.41, 5.74) is 1.29. The second-order valence-corrected chi connectivity index (χ2v) is 5.89. The molecule has 7 heteroatoms. The summed E-state index contributed by atoms with van der Waals surface area (Å²) in [7, 11) is 0. The average molecular weight is 348 g/mol. The molecule has 0 bridgehead atoms. The summed E-state index contributed by atoms with van der Waals surface area (Å²) >= 11 is 0. The number of morpholine rings is 1. The van der Waals surface area contributed by atoms with Crippen molar-refractivity contribution in [2.75, 3.05) is 57.8 Å². The maximum absolute atomic E-state index is 12.4. The van der Waals surface area contributed by atoms with E-state index in [0.29, 0.717) is 44.1 Å². The molecular formula is C18H28N4O3. The van der Waals surface area contributed by atoms with Crippen LogP contribution in [0.3, 0.4) is 0 Å². The van der Waals surface area contributed by atoms with Crippen molar-refractivity contribution >= 4 is 17.6 Å². The molecule has 0 aromatic heterocycles. The third-order valence-electron chi connectivity index (χ3n) is 4.30. The van der Waals surface area contributed by atoms with Gasteiger partial charge in [0.1, 0.15) is 0 Å². The van der Waals surface area contributed by atoms with Gasteiger partial charge in [0.15, 0.2) is 0 Å². The van der Waals surface area contributed by atoms with Crippen molar-refractivity contribution < 1.29 is 14.3 Å².